The molecule has 29 heavy (non-hydrogen) atoms. The monoisotopic (exact) mass is 434 g/mol. The Labute approximate surface area is 175 Å². The third-order valence-corrected chi connectivity index (χ3v) is 5.97. The summed E-state index contributed by atoms with van der Waals surface area (Å²) in [5.74, 6) is -1.09. The molecule has 0 amide bonds. The number of esters is 2. The van der Waals surface area contributed by atoms with Crippen LogP contribution >= 0.6 is 22.9 Å². The molecule has 7 nitrogen and oxygen atoms in total. The summed E-state index contributed by atoms with van der Waals surface area (Å²) < 4.78 is 11.5. The Kier molecular flexibility index (Phi) is 6.34. The molecule has 0 saturated carbocycles. The van der Waals surface area contributed by atoms with Gasteiger partial charge in [0.05, 0.1) is 18.3 Å². The van der Waals surface area contributed by atoms with Gasteiger partial charge >= 0.3 is 11.9 Å². The number of carbonyl (C=O) groups excluding carboxylic acids is 2. The van der Waals surface area contributed by atoms with Crippen molar-refractivity contribution in [2.45, 2.75) is 33.4 Å². The van der Waals surface area contributed by atoms with Gasteiger partial charge in [-0.05, 0) is 32.4 Å². The van der Waals surface area contributed by atoms with Gasteiger partial charge in [0.2, 0.25) is 0 Å². The number of benzene rings is 1. The number of halogens is 1. The second kappa shape index (κ2) is 8.75. The van der Waals surface area contributed by atoms with Gasteiger partial charge < -0.3 is 9.47 Å². The van der Waals surface area contributed by atoms with E-state index in [1.54, 1.807) is 45.0 Å². The third kappa shape index (κ3) is 4.18. The number of ether oxygens (including phenoxy) is 2. The first kappa shape index (κ1) is 21.0. The molecule has 0 aliphatic heterocycles. The van der Waals surface area contributed by atoms with E-state index in [-0.39, 0.29) is 13.2 Å². The molecule has 0 spiro atoms. The number of hydrogen-bond donors (Lipinski definition) is 0. The second-order valence-electron chi connectivity index (χ2n) is 6.29. The van der Waals surface area contributed by atoms with Crippen molar-refractivity contribution in [2.75, 3.05) is 6.61 Å². The average Bonchev–Trinajstić information content (AvgIpc) is 3.04. The molecule has 152 valence electrons. The van der Waals surface area contributed by atoms with E-state index in [1.807, 2.05) is 0 Å². The molecule has 3 rings (SSSR count). The second-order valence-corrected chi connectivity index (χ2v) is 7.70. The van der Waals surface area contributed by atoms with Gasteiger partial charge in [0.15, 0.2) is 0 Å². The molecule has 0 aliphatic carbocycles. The SMILES string of the molecule is CCOC(=O)c1sc2ncn([C@H](C)C(=O)OCc3ccccc3Cl)c(=O)c2c1C. The van der Waals surface area contributed by atoms with E-state index >= 15 is 0 Å². The largest absolute Gasteiger partial charge is 0.462 e. The molecule has 1 atom stereocenters. The summed E-state index contributed by atoms with van der Waals surface area (Å²) >= 11 is 7.16. The van der Waals surface area contributed by atoms with Gasteiger partial charge in [0.1, 0.15) is 22.4 Å². The van der Waals surface area contributed by atoms with Crippen LogP contribution in [0.5, 0.6) is 0 Å². The molecule has 0 bridgehead atoms. The fraction of sp³-hybridized carbons (Fsp3) is 0.300. The molecule has 2 aromatic heterocycles. The van der Waals surface area contributed by atoms with Crippen molar-refractivity contribution in [1.82, 2.24) is 9.55 Å². The Morgan fingerprint density at radius 2 is 2.00 bits per heavy atom. The van der Waals surface area contributed by atoms with E-state index in [0.29, 0.717) is 31.2 Å². The van der Waals surface area contributed by atoms with Crippen LogP contribution in [0.1, 0.15) is 40.7 Å². The van der Waals surface area contributed by atoms with Gasteiger partial charge in [-0.15, -0.1) is 11.3 Å². The van der Waals surface area contributed by atoms with Gasteiger partial charge in [-0.25, -0.2) is 14.6 Å². The van der Waals surface area contributed by atoms with Gasteiger partial charge in [-0.2, -0.15) is 0 Å². The van der Waals surface area contributed by atoms with Crippen molar-refractivity contribution >= 4 is 45.1 Å². The quantitative estimate of drug-likeness (QED) is 0.547. The lowest BCUT2D eigenvalue weighted by atomic mass is 10.2. The molecule has 0 radical (unpaired) electrons. The zero-order chi connectivity index (χ0) is 21.1. The Balaban J connectivity index is 1.87. The summed E-state index contributed by atoms with van der Waals surface area (Å²) in [6.45, 7) is 5.16. The van der Waals surface area contributed by atoms with Crippen molar-refractivity contribution < 1.29 is 19.1 Å². The molecule has 3 aromatic rings. The number of carbonyl (C=O) groups is 2. The molecule has 2 heterocycles. The lowest BCUT2D eigenvalue weighted by Crippen LogP contribution is -2.29. The molecular weight excluding hydrogens is 416 g/mol. The summed E-state index contributed by atoms with van der Waals surface area (Å²) in [7, 11) is 0. The standard InChI is InChI=1S/C20H19ClN2O5S/c1-4-27-20(26)16-11(2)15-17(29-16)22-10-23(18(15)24)12(3)19(25)28-9-13-7-5-6-8-14(13)21/h5-8,10,12H,4,9H2,1-3H3/t12-/m1/s1. The first-order valence-electron chi connectivity index (χ1n) is 8.92. The molecular formula is C20H19ClN2O5S. The first-order chi connectivity index (χ1) is 13.8. The predicted molar refractivity (Wildman–Crippen MR) is 111 cm³/mol. The fourth-order valence-corrected chi connectivity index (χ4v) is 4.03. The van der Waals surface area contributed by atoms with E-state index in [9.17, 15) is 14.4 Å². The maximum absolute atomic E-state index is 13.0. The highest BCUT2D eigenvalue weighted by molar-refractivity contribution is 7.20. The lowest BCUT2D eigenvalue weighted by molar-refractivity contribution is -0.148. The Morgan fingerprint density at radius 3 is 2.69 bits per heavy atom. The lowest BCUT2D eigenvalue weighted by Gasteiger charge is -2.14. The van der Waals surface area contributed by atoms with Crippen LogP contribution in [0.15, 0.2) is 35.4 Å². The van der Waals surface area contributed by atoms with Crippen LogP contribution in [0.2, 0.25) is 5.02 Å². The normalized spacial score (nSPS) is 12.0. The van der Waals surface area contributed by atoms with Crippen LogP contribution in [-0.2, 0) is 20.9 Å². The number of rotatable bonds is 6. The van der Waals surface area contributed by atoms with E-state index in [2.05, 4.69) is 4.98 Å². The average molecular weight is 435 g/mol. The van der Waals surface area contributed by atoms with Crippen molar-refractivity contribution in [1.29, 1.82) is 0 Å². The highest BCUT2D eigenvalue weighted by atomic mass is 35.5. The first-order valence-corrected chi connectivity index (χ1v) is 10.1. The molecule has 0 aliphatic rings. The van der Waals surface area contributed by atoms with Crippen molar-refractivity contribution in [3.05, 3.63) is 62.0 Å². The minimum absolute atomic E-state index is 0.00223. The number of aryl methyl sites for hydroxylation is 1. The van der Waals surface area contributed by atoms with Crippen molar-refractivity contribution in [3.63, 3.8) is 0 Å². The number of thiophene rings is 1. The van der Waals surface area contributed by atoms with Gasteiger partial charge in [-0.3, -0.25) is 9.36 Å². The van der Waals surface area contributed by atoms with E-state index < -0.39 is 23.5 Å². The fourth-order valence-electron chi connectivity index (χ4n) is 2.80. The molecule has 0 N–H and O–H groups in total. The highest BCUT2D eigenvalue weighted by Gasteiger charge is 2.24. The number of nitrogens with zero attached hydrogens (tertiary/aromatic N) is 2. The van der Waals surface area contributed by atoms with Gasteiger partial charge in [-0.1, -0.05) is 29.8 Å². The molecule has 9 heteroatoms. The Hall–Kier alpha value is -2.71. The molecule has 0 unspecified atom stereocenters. The van der Waals surface area contributed by atoms with Crippen LogP contribution in [0.3, 0.4) is 0 Å². The summed E-state index contributed by atoms with van der Waals surface area (Å²) in [6, 6.07) is 6.14. The van der Waals surface area contributed by atoms with Crippen LogP contribution in [-0.4, -0.2) is 28.1 Å². The highest BCUT2D eigenvalue weighted by Crippen LogP contribution is 2.28. The molecule has 0 saturated heterocycles. The van der Waals surface area contributed by atoms with Crippen LogP contribution in [0.4, 0.5) is 0 Å². The Morgan fingerprint density at radius 1 is 1.28 bits per heavy atom. The Bertz CT molecular complexity index is 1140. The topological polar surface area (TPSA) is 87.5 Å². The third-order valence-electron chi connectivity index (χ3n) is 4.42. The zero-order valence-electron chi connectivity index (χ0n) is 16.1. The summed E-state index contributed by atoms with van der Waals surface area (Å²) in [5, 5.41) is 0.792. The maximum Gasteiger partial charge on any atom is 0.348 e. The van der Waals surface area contributed by atoms with Crippen molar-refractivity contribution in [3.8, 4) is 0 Å². The molecule has 1 aromatic carbocycles. The van der Waals surface area contributed by atoms with Gasteiger partial charge in [0.25, 0.3) is 5.56 Å². The maximum atomic E-state index is 13.0. The van der Waals surface area contributed by atoms with Crippen LogP contribution in [0.25, 0.3) is 10.2 Å². The minimum Gasteiger partial charge on any atom is -0.462 e. The van der Waals surface area contributed by atoms with Crippen LogP contribution < -0.4 is 5.56 Å². The van der Waals surface area contributed by atoms with E-state index in [1.165, 1.54) is 10.9 Å². The predicted octanol–water partition coefficient (Wildman–Crippen LogP) is 3.90. The van der Waals surface area contributed by atoms with Crippen LogP contribution in [0, 0.1) is 6.92 Å². The van der Waals surface area contributed by atoms with E-state index in [4.69, 9.17) is 21.1 Å². The summed E-state index contributed by atoms with van der Waals surface area (Å²) in [4.78, 5) is 42.5. The summed E-state index contributed by atoms with van der Waals surface area (Å²) in [5.41, 5.74) is 0.747. The van der Waals surface area contributed by atoms with Gasteiger partial charge in [0, 0.05) is 10.6 Å². The molecule has 0 fully saturated rings. The van der Waals surface area contributed by atoms with E-state index in [0.717, 1.165) is 11.3 Å². The summed E-state index contributed by atoms with van der Waals surface area (Å²) in [6.07, 6.45) is 1.29. The number of fused-ring (bicyclic) bond motifs is 1. The smallest absolute Gasteiger partial charge is 0.348 e. The zero-order valence-corrected chi connectivity index (χ0v) is 17.7. The number of hydrogen-bond acceptors (Lipinski definition) is 7. The van der Waals surface area contributed by atoms with Crippen molar-refractivity contribution in [2.24, 2.45) is 0 Å². The minimum atomic E-state index is -0.896. The number of aromatic nitrogens is 2.